The van der Waals surface area contributed by atoms with Crippen LogP contribution in [0, 0.1) is 12.7 Å². The summed E-state index contributed by atoms with van der Waals surface area (Å²) in [6.45, 7) is 1.41. The number of esters is 1. The highest BCUT2D eigenvalue weighted by atomic mass is 32.1. The number of halogens is 1. The van der Waals surface area contributed by atoms with Crippen molar-refractivity contribution in [3.05, 3.63) is 64.4 Å². The summed E-state index contributed by atoms with van der Waals surface area (Å²) in [5.41, 5.74) is 1.69. The monoisotopic (exact) mass is 445 g/mol. The molecular formula is C21H20FN3O5S. The minimum atomic E-state index is -1.15. The number of fused-ring (bicyclic) bond motifs is 1. The molecule has 3 rings (SSSR count). The molecule has 1 aromatic carbocycles. The van der Waals surface area contributed by atoms with E-state index in [1.807, 2.05) is 18.2 Å². The van der Waals surface area contributed by atoms with Gasteiger partial charge in [-0.3, -0.25) is 9.78 Å². The number of aryl methyl sites for hydroxylation is 1. The highest BCUT2D eigenvalue weighted by Gasteiger charge is 2.24. The smallest absolute Gasteiger partial charge is 0.408 e. The summed E-state index contributed by atoms with van der Waals surface area (Å²) >= 11 is 1.09. The quantitative estimate of drug-likeness (QED) is 0.542. The molecule has 0 saturated carbocycles. The van der Waals surface area contributed by atoms with Crippen LogP contribution in [0.15, 0.2) is 42.6 Å². The molecule has 10 heteroatoms. The Hall–Kier alpha value is -3.53. The number of carbonyl (C=O) groups excluding carboxylic acids is 3. The van der Waals surface area contributed by atoms with Crippen LogP contribution in [0.5, 0.6) is 0 Å². The summed E-state index contributed by atoms with van der Waals surface area (Å²) in [4.78, 5) is 40.8. The predicted octanol–water partition coefficient (Wildman–Crippen LogP) is 2.94. The van der Waals surface area contributed by atoms with Crippen molar-refractivity contribution in [1.82, 2.24) is 15.6 Å². The molecule has 0 saturated heterocycles. The average molecular weight is 445 g/mol. The molecule has 0 bridgehead atoms. The number of hydrogen-bond donors (Lipinski definition) is 2. The Balaban J connectivity index is 1.60. The van der Waals surface area contributed by atoms with Crippen LogP contribution in [-0.2, 0) is 20.9 Å². The van der Waals surface area contributed by atoms with Crippen molar-refractivity contribution in [2.75, 3.05) is 13.7 Å². The largest absolute Gasteiger partial charge is 0.467 e. The second-order valence-electron chi connectivity index (χ2n) is 6.55. The van der Waals surface area contributed by atoms with E-state index in [4.69, 9.17) is 4.74 Å². The third-order valence-electron chi connectivity index (χ3n) is 4.41. The molecule has 2 N–H and O–H groups in total. The zero-order valence-electron chi connectivity index (χ0n) is 16.8. The van der Waals surface area contributed by atoms with Gasteiger partial charge in [-0.15, -0.1) is 11.3 Å². The van der Waals surface area contributed by atoms with Gasteiger partial charge >= 0.3 is 12.1 Å². The maximum Gasteiger partial charge on any atom is 0.408 e. The molecule has 0 aliphatic heterocycles. The Labute approximate surface area is 181 Å². The number of hydrogen-bond acceptors (Lipinski definition) is 7. The molecule has 1 unspecified atom stereocenters. The summed E-state index contributed by atoms with van der Waals surface area (Å²) < 4.78 is 24.0. The van der Waals surface area contributed by atoms with Crippen molar-refractivity contribution < 1.29 is 28.2 Å². The topological polar surface area (TPSA) is 107 Å². The van der Waals surface area contributed by atoms with Gasteiger partial charge in [0.2, 0.25) is 0 Å². The van der Waals surface area contributed by atoms with Crippen molar-refractivity contribution in [2.45, 2.75) is 19.6 Å². The molecule has 0 fully saturated rings. The van der Waals surface area contributed by atoms with E-state index in [9.17, 15) is 18.8 Å². The van der Waals surface area contributed by atoms with Gasteiger partial charge in [0.05, 0.1) is 28.4 Å². The van der Waals surface area contributed by atoms with Crippen LogP contribution in [0.1, 0.15) is 20.8 Å². The molecule has 1 atom stereocenters. The van der Waals surface area contributed by atoms with Gasteiger partial charge in [-0.1, -0.05) is 30.3 Å². The van der Waals surface area contributed by atoms with Crippen molar-refractivity contribution in [3.8, 4) is 0 Å². The molecule has 162 valence electrons. The summed E-state index contributed by atoms with van der Waals surface area (Å²) in [7, 11) is 1.17. The van der Waals surface area contributed by atoms with E-state index in [1.165, 1.54) is 13.2 Å². The van der Waals surface area contributed by atoms with Gasteiger partial charge in [0, 0.05) is 12.1 Å². The number of methoxy groups -OCH3 is 1. The van der Waals surface area contributed by atoms with E-state index >= 15 is 0 Å². The summed E-state index contributed by atoms with van der Waals surface area (Å²) in [6, 6.07) is 9.42. The van der Waals surface area contributed by atoms with Gasteiger partial charge in [0.25, 0.3) is 5.91 Å². The van der Waals surface area contributed by atoms with E-state index in [0.29, 0.717) is 20.7 Å². The number of amides is 2. The first-order valence-corrected chi connectivity index (χ1v) is 10.1. The summed E-state index contributed by atoms with van der Waals surface area (Å²) in [6.07, 6.45) is 0.273. The van der Waals surface area contributed by atoms with Gasteiger partial charge in [0.15, 0.2) is 0 Å². The van der Waals surface area contributed by atoms with Crippen LogP contribution in [0.2, 0.25) is 0 Å². The number of nitrogens with one attached hydrogen (secondary N) is 2. The third kappa shape index (κ3) is 5.54. The van der Waals surface area contributed by atoms with Crippen molar-refractivity contribution in [2.24, 2.45) is 0 Å². The van der Waals surface area contributed by atoms with Crippen molar-refractivity contribution in [3.63, 3.8) is 0 Å². The second kappa shape index (κ2) is 9.98. The number of benzene rings is 1. The fourth-order valence-electron chi connectivity index (χ4n) is 2.71. The summed E-state index contributed by atoms with van der Waals surface area (Å²) in [5.74, 6) is -1.69. The second-order valence-corrected chi connectivity index (χ2v) is 7.60. The number of pyridine rings is 1. The first kappa shape index (κ1) is 22.2. The van der Waals surface area contributed by atoms with E-state index in [2.05, 4.69) is 20.4 Å². The van der Waals surface area contributed by atoms with Crippen LogP contribution in [0.25, 0.3) is 10.2 Å². The molecule has 31 heavy (non-hydrogen) atoms. The minimum Gasteiger partial charge on any atom is -0.467 e. The van der Waals surface area contributed by atoms with E-state index < -0.39 is 29.8 Å². The number of ether oxygens (including phenoxy) is 2. The first-order valence-electron chi connectivity index (χ1n) is 9.27. The standard InChI is InChI=1S/C21H20FN3O5S/c1-12-14(22)9-23-15-8-17(31-18(12)15)19(26)24-10-16(20(27)29-2)25-21(28)30-11-13-6-4-3-5-7-13/h3-9,16H,10-11H2,1-2H3,(H,24,26)(H,25,28). The zero-order valence-corrected chi connectivity index (χ0v) is 17.6. The van der Waals surface area contributed by atoms with Crippen LogP contribution in [0.4, 0.5) is 9.18 Å². The molecule has 8 nitrogen and oxygen atoms in total. The Morgan fingerprint density at radius 2 is 1.97 bits per heavy atom. The molecule has 0 spiro atoms. The van der Waals surface area contributed by atoms with E-state index in [0.717, 1.165) is 23.1 Å². The molecule has 0 radical (unpaired) electrons. The number of carbonyl (C=O) groups is 3. The van der Waals surface area contributed by atoms with Gasteiger partial charge in [-0.25, -0.2) is 14.0 Å². The Bertz CT molecular complexity index is 1100. The van der Waals surface area contributed by atoms with E-state index in [1.54, 1.807) is 19.1 Å². The maximum atomic E-state index is 13.7. The van der Waals surface area contributed by atoms with Crippen LogP contribution in [0.3, 0.4) is 0 Å². The zero-order chi connectivity index (χ0) is 22.4. The number of aromatic nitrogens is 1. The lowest BCUT2D eigenvalue weighted by molar-refractivity contribution is -0.142. The Morgan fingerprint density at radius 3 is 2.68 bits per heavy atom. The minimum absolute atomic E-state index is 0.0254. The van der Waals surface area contributed by atoms with Crippen LogP contribution < -0.4 is 10.6 Å². The number of nitrogens with zero attached hydrogens (tertiary/aromatic N) is 1. The molecule has 3 aromatic rings. The fourth-order valence-corrected chi connectivity index (χ4v) is 3.74. The molecule has 0 aliphatic carbocycles. The summed E-state index contributed by atoms with van der Waals surface area (Å²) in [5, 5.41) is 4.95. The molecule has 0 aliphatic rings. The maximum absolute atomic E-state index is 13.7. The van der Waals surface area contributed by atoms with Gasteiger partial charge in [-0.05, 0) is 18.6 Å². The molecule has 2 amide bonds. The number of rotatable bonds is 7. The lowest BCUT2D eigenvalue weighted by Crippen LogP contribution is -2.49. The fraction of sp³-hybridized carbons (Fsp3) is 0.238. The van der Waals surface area contributed by atoms with Crippen LogP contribution >= 0.6 is 11.3 Å². The highest BCUT2D eigenvalue weighted by molar-refractivity contribution is 7.21. The Kier molecular flexibility index (Phi) is 7.14. The predicted molar refractivity (Wildman–Crippen MR) is 112 cm³/mol. The van der Waals surface area contributed by atoms with Gasteiger partial charge in [0.1, 0.15) is 18.5 Å². The SMILES string of the molecule is COC(=O)C(CNC(=O)c1cc2ncc(F)c(C)c2s1)NC(=O)OCc1ccccc1. The van der Waals surface area contributed by atoms with E-state index in [-0.39, 0.29) is 13.2 Å². The molecule has 2 aromatic heterocycles. The normalized spacial score (nSPS) is 11.6. The lowest BCUT2D eigenvalue weighted by Gasteiger charge is -2.17. The molecule has 2 heterocycles. The first-order chi connectivity index (χ1) is 14.9. The van der Waals surface area contributed by atoms with Crippen molar-refractivity contribution >= 4 is 39.5 Å². The van der Waals surface area contributed by atoms with Gasteiger partial charge < -0.3 is 20.1 Å². The number of alkyl carbamates (subject to hydrolysis) is 1. The highest BCUT2D eigenvalue weighted by Crippen LogP contribution is 2.28. The van der Waals surface area contributed by atoms with Gasteiger partial charge in [-0.2, -0.15) is 0 Å². The number of thiophene rings is 1. The Morgan fingerprint density at radius 1 is 1.23 bits per heavy atom. The van der Waals surface area contributed by atoms with Crippen LogP contribution in [-0.4, -0.2) is 42.7 Å². The average Bonchev–Trinajstić information content (AvgIpc) is 3.23. The third-order valence-corrected chi connectivity index (χ3v) is 5.65. The van der Waals surface area contributed by atoms with Crippen molar-refractivity contribution in [1.29, 1.82) is 0 Å². The lowest BCUT2D eigenvalue weighted by atomic mass is 10.2. The molecular weight excluding hydrogens is 425 g/mol.